The molecular formula is C28H34N6O3. The molecule has 9 heteroatoms. The molecule has 0 unspecified atom stereocenters. The predicted octanol–water partition coefficient (Wildman–Crippen LogP) is 5.75. The summed E-state index contributed by atoms with van der Waals surface area (Å²) in [5, 5.41) is 4.32. The van der Waals surface area contributed by atoms with E-state index >= 15 is 0 Å². The summed E-state index contributed by atoms with van der Waals surface area (Å²) in [6.45, 7) is 12.1. The van der Waals surface area contributed by atoms with Gasteiger partial charge in [0.2, 0.25) is 5.95 Å². The molecule has 5 rings (SSSR count). The number of benzene rings is 1. The first kappa shape index (κ1) is 25.0. The number of piperidine rings is 1. The van der Waals surface area contributed by atoms with Crippen molar-refractivity contribution in [1.29, 1.82) is 0 Å². The molecule has 1 aromatic carbocycles. The van der Waals surface area contributed by atoms with E-state index in [1.807, 2.05) is 58.2 Å². The van der Waals surface area contributed by atoms with Crippen LogP contribution in [0.3, 0.4) is 0 Å². The number of oxazole rings is 1. The van der Waals surface area contributed by atoms with Gasteiger partial charge in [0.15, 0.2) is 11.7 Å². The van der Waals surface area contributed by atoms with E-state index in [4.69, 9.17) is 23.9 Å². The monoisotopic (exact) mass is 502 g/mol. The lowest BCUT2D eigenvalue weighted by Crippen LogP contribution is -2.44. The molecule has 1 aliphatic rings. The summed E-state index contributed by atoms with van der Waals surface area (Å²) in [7, 11) is 1.79. The Bertz CT molecular complexity index is 1430. The van der Waals surface area contributed by atoms with Gasteiger partial charge in [0.1, 0.15) is 22.7 Å². The fourth-order valence-electron chi connectivity index (χ4n) is 4.79. The highest BCUT2D eigenvalue weighted by Crippen LogP contribution is 2.35. The van der Waals surface area contributed by atoms with Crippen molar-refractivity contribution < 1.29 is 13.9 Å². The Morgan fingerprint density at radius 2 is 1.86 bits per heavy atom. The first-order chi connectivity index (χ1) is 17.8. The molecule has 0 bridgehead atoms. The number of nitrogens with zero attached hydrogens (tertiary/aromatic N) is 5. The molecule has 1 N–H and O–H groups in total. The molecule has 0 atom stereocenters. The third kappa shape index (κ3) is 5.09. The Hall–Kier alpha value is -3.72. The molecule has 1 saturated heterocycles. The first-order valence-corrected chi connectivity index (χ1v) is 12.7. The van der Waals surface area contributed by atoms with Crippen molar-refractivity contribution in [2.45, 2.75) is 53.1 Å². The van der Waals surface area contributed by atoms with Crippen LogP contribution in [0, 0.1) is 20.8 Å². The van der Waals surface area contributed by atoms with Crippen molar-refractivity contribution in [3.8, 4) is 17.0 Å². The van der Waals surface area contributed by atoms with Crippen molar-refractivity contribution in [3.63, 3.8) is 0 Å². The van der Waals surface area contributed by atoms with E-state index in [1.165, 1.54) is 0 Å². The highest BCUT2D eigenvalue weighted by Gasteiger charge is 2.31. The highest BCUT2D eigenvalue weighted by atomic mass is 16.5. The number of fused-ring (bicyclic) bond motifs is 1. The summed E-state index contributed by atoms with van der Waals surface area (Å²) in [6.07, 6.45) is 3.72. The smallest absolute Gasteiger partial charge is 0.227 e. The largest absolute Gasteiger partial charge is 0.492 e. The van der Waals surface area contributed by atoms with Gasteiger partial charge in [-0.2, -0.15) is 0 Å². The quantitative estimate of drug-likeness (QED) is 0.338. The average Bonchev–Trinajstić information content (AvgIpc) is 3.23. The van der Waals surface area contributed by atoms with Crippen LogP contribution in [-0.4, -0.2) is 52.3 Å². The lowest BCUT2D eigenvalue weighted by atomic mass is 9.93. The van der Waals surface area contributed by atoms with Gasteiger partial charge >= 0.3 is 0 Å². The molecule has 4 aromatic rings. The van der Waals surface area contributed by atoms with Crippen LogP contribution in [0.2, 0.25) is 0 Å². The standard InChI is InChI=1S/C28H34N6O3/c1-7-36-23-15-20(24-18(3)37-19(4)31-24)8-9-22(23)32-27-29-16-21-14-17(2)30-26(25(21)33-27)34-12-10-28(5,35-6)11-13-34/h8-9,14-16H,7,10-13H2,1-6H3,(H,29,32,33). The summed E-state index contributed by atoms with van der Waals surface area (Å²) in [5.74, 6) is 3.48. The van der Waals surface area contributed by atoms with Gasteiger partial charge in [-0.25, -0.2) is 19.9 Å². The summed E-state index contributed by atoms with van der Waals surface area (Å²) < 4.78 is 17.3. The van der Waals surface area contributed by atoms with Crippen LogP contribution in [0.25, 0.3) is 22.2 Å². The minimum atomic E-state index is -0.0944. The van der Waals surface area contributed by atoms with Crippen LogP contribution >= 0.6 is 0 Å². The normalized spacial score (nSPS) is 15.2. The zero-order valence-corrected chi connectivity index (χ0v) is 22.4. The summed E-state index contributed by atoms with van der Waals surface area (Å²) in [4.78, 5) is 21.2. The Kier molecular flexibility index (Phi) is 6.72. The van der Waals surface area contributed by atoms with Crippen molar-refractivity contribution in [2.24, 2.45) is 0 Å². The molecule has 3 aromatic heterocycles. The fraction of sp³-hybridized carbons (Fsp3) is 0.429. The van der Waals surface area contributed by atoms with Crippen LogP contribution in [0.1, 0.15) is 44.0 Å². The highest BCUT2D eigenvalue weighted by molar-refractivity contribution is 5.89. The van der Waals surface area contributed by atoms with Crippen LogP contribution in [0.5, 0.6) is 5.75 Å². The van der Waals surface area contributed by atoms with Gasteiger partial charge in [-0.1, -0.05) is 6.07 Å². The summed E-state index contributed by atoms with van der Waals surface area (Å²) in [5.41, 5.74) is 4.19. The van der Waals surface area contributed by atoms with E-state index < -0.39 is 0 Å². The number of hydrogen-bond donors (Lipinski definition) is 1. The Morgan fingerprint density at radius 1 is 1.08 bits per heavy atom. The molecule has 1 fully saturated rings. The minimum absolute atomic E-state index is 0.0944. The van der Waals surface area contributed by atoms with Crippen molar-refractivity contribution in [3.05, 3.63) is 47.8 Å². The number of nitrogens with one attached hydrogen (secondary N) is 1. The van der Waals surface area contributed by atoms with Crippen molar-refractivity contribution >= 4 is 28.4 Å². The first-order valence-electron chi connectivity index (χ1n) is 12.7. The van der Waals surface area contributed by atoms with Gasteiger partial charge in [-0.15, -0.1) is 0 Å². The van der Waals surface area contributed by atoms with E-state index in [2.05, 4.69) is 27.1 Å². The summed E-state index contributed by atoms with van der Waals surface area (Å²) in [6, 6.07) is 7.94. The van der Waals surface area contributed by atoms with Crippen LogP contribution in [-0.2, 0) is 4.74 Å². The molecule has 0 aliphatic carbocycles. The predicted molar refractivity (Wildman–Crippen MR) is 145 cm³/mol. The average molecular weight is 503 g/mol. The van der Waals surface area contributed by atoms with E-state index in [0.29, 0.717) is 24.2 Å². The van der Waals surface area contributed by atoms with Crippen LogP contribution in [0.4, 0.5) is 17.5 Å². The van der Waals surface area contributed by atoms with Gasteiger partial charge < -0.3 is 24.1 Å². The van der Waals surface area contributed by atoms with Gasteiger partial charge in [-0.3, -0.25) is 0 Å². The second kappa shape index (κ2) is 9.97. The Labute approximate surface area is 217 Å². The molecule has 0 radical (unpaired) electrons. The molecule has 4 heterocycles. The number of rotatable bonds is 7. The number of ether oxygens (including phenoxy) is 2. The minimum Gasteiger partial charge on any atom is -0.492 e. The van der Waals surface area contributed by atoms with Crippen LogP contribution in [0.15, 0.2) is 34.9 Å². The molecule has 194 valence electrons. The zero-order chi connectivity index (χ0) is 26.2. The molecule has 9 nitrogen and oxygen atoms in total. The number of pyridine rings is 1. The van der Waals surface area contributed by atoms with Gasteiger partial charge in [0.25, 0.3) is 0 Å². The number of methoxy groups -OCH3 is 1. The third-order valence-corrected chi connectivity index (χ3v) is 6.99. The van der Waals surface area contributed by atoms with E-state index in [9.17, 15) is 0 Å². The van der Waals surface area contributed by atoms with E-state index in [-0.39, 0.29) is 5.60 Å². The Morgan fingerprint density at radius 3 is 2.54 bits per heavy atom. The number of aromatic nitrogens is 4. The molecule has 1 aliphatic heterocycles. The van der Waals surface area contributed by atoms with Crippen LogP contribution < -0.4 is 15.0 Å². The lowest BCUT2D eigenvalue weighted by Gasteiger charge is -2.39. The molecule has 0 spiro atoms. The van der Waals surface area contributed by atoms with Gasteiger partial charge in [0.05, 0.1) is 17.9 Å². The number of anilines is 3. The second-order valence-electron chi connectivity index (χ2n) is 9.77. The number of hydrogen-bond acceptors (Lipinski definition) is 9. The SMILES string of the molecule is CCOc1cc(-c2nc(C)oc2C)ccc1Nc1ncc2cc(C)nc(N3CCC(C)(OC)CC3)c2n1. The maximum Gasteiger partial charge on any atom is 0.227 e. The maximum absolute atomic E-state index is 5.96. The third-order valence-electron chi connectivity index (χ3n) is 6.99. The molecule has 0 amide bonds. The second-order valence-corrected chi connectivity index (χ2v) is 9.77. The topological polar surface area (TPSA) is 98.4 Å². The molecule has 37 heavy (non-hydrogen) atoms. The Balaban J connectivity index is 1.47. The van der Waals surface area contributed by atoms with Gasteiger partial charge in [0, 0.05) is 50.0 Å². The molecule has 0 saturated carbocycles. The zero-order valence-electron chi connectivity index (χ0n) is 22.4. The van der Waals surface area contributed by atoms with E-state index in [1.54, 1.807) is 7.11 Å². The van der Waals surface area contributed by atoms with Crippen molar-refractivity contribution in [1.82, 2.24) is 19.9 Å². The van der Waals surface area contributed by atoms with Crippen molar-refractivity contribution in [2.75, 3.05) is 37.0 Å². The number of aryl methyl sites for hydroxylation is 3. The lowest BCUT2D eigenvalue weighted by molar-refractivity contribution is -0.0133. The fourth-order valence-corrected chi connectivity index (χ4v) is 4.79. The molecular weight excluding hydrogens is 468 g/mol. The summed E-state index contributed by atoms with van der Waals surface area (Å²) >= 11 is 0. The maximum atomic E-state index is 5.96. The van der Waals surface area contributed by atoms with E-state index in [0.717, 1.165) is 71.1 Å². The van der Waals surface area contributed by atoms with Gasteiger partial charge in [-0.05, 0) is 58.7 Å².